The van der Waals surface area contributed by atoms with Gasteiger partial charge in [0.05, 0.1) is 5.69 Å². The number of nitrogens with zero attached hydrogens (tertiary/aromatic N) is 1. The Bertz CT molecular complexity index is 591. The molecule has 0 atom stereocenters. The van der Waals surface area contributed by atoms with Crippen LogP contribution < -0.4 is 5.32 Å². The number of anilines is 1. The van der Waals surface area contributed by atoms with Crippen molar-refractivity contribution in [2.45, 2.75) is 31.6 Å². The van der Waals surface area contributed by atoms with Crippen molar-refractivity contribution in [1.29, 1.82) is 0 Å². The lowest BCUT2D eigenvalue weighted by Crippen LogP contribution is -2.11. The quantitative estimate of drug-likeness (QED) is 0.599. The number of amides is 1. The smallest absolute Gasteiger partial charge is 0.226 e. The minimum Gasteiger partial charge on any atom is -0.302 e. The zero-order chi connectivity index (χ0) is 15.2. The number of nitrogens with one attached hydrogen (secondary N) is 1. The molecule has 0 bridgehead atoms. The van der Waals surface area contributed by atoms with Crippen molar-refractivity contribution in [2.24, 2.45) is 0 Å². The highest BCUT2D eigenvalue weighted by Gasteiger charge is 2.07. The largest absolute Gasteiger partial charge is 0.302 e. The predicted octanol–water partition coefficient (Wildman–Crippen LogP) is 4.92. The van der Waals surface area contributed by atoms with Crippen molar-refractivity contribution < 1.29 is 4.79 Å². The van der Waals surface area contributed by atoms with E-state index >= 15 is 0 Å². The molecule has 1 aromatic carbocycles. The second-order valence-electron chi connectivity index (χ2n) is 4.61. The number of rotatable bonds is 6. The number of thioether (sulfide) groups is 1. The fourth-order valence-corrected chi connectivity index (χ4v) is 3.47. The summed E-state index contributed by atoms with van der Waals surface area (Å²) in [5, 5.41) is 4.29. The number of hydrogen-bond acceptors (Lipinski definition) is 4. The third kappa shape index (κ3) is 5.34. The summed E-state index contributed by atoms with van der Waals surface area (Å²) >= 11 is 9.09. The molecule has 21 heavy (non-hydrogen) atoms. The van der Waals surface area contributed by atoms with Gasteiger partial charge in [-0.3, -0.25) is 4.79 Å². The molecule has 2 aromatic rings. The minimum absolute atomic E-state index is 0.0282. The first-order chi connectivity index (χ1) is 10.0. The van der Waals surface area contributed by atoms with Crippen molar-refractivity contribution in [3.63, 3.8) is 0 Å². The van der Waals surface area contributed by atoms with Gasteiger partial charge in [0.1, 0.15) is 0 Å². The van der Waals surface area contributed by atoms with Gasteiger partial charge < -0.3 is 5.32 Å². The molecule has 3 nitrogen and oxygen atoms in total. The Kier molecular flexibility index (Phi) is 6.08. The SMILES string of the molecule is Cc1nc(NC(=O)CCCSc2ccc(Cl)cc2)sc1C. The summed E-state index contributed by atoms with van der Waals surface area (Å²) in [6, 6.07) is 7.75. The maximum Gasteiger partial charge on any atom is 0.226 e. The van der Waals surface area contributed by atoms with Crippen molar-refractivity contribution in [1.82, 2.24) is 4.98 Å². The summed E-state index contributed by atoms with van der Waals surface area (Å²) < 4.78 is 0. The summed E-state index contributed by atoms with van der Waals surface area (Å²) in [6.07, 6.45) is 1.35. The number of aryl methyl sites for hydroxylation is 2. The van der Waals surface area contributed by atoms with Gasteiger partial charge in [0, 0.05) is 21.2 Å². The summed E-state index contributed by atoms with van der Waals surface area (Å²) in [4.78, 5) is 18.4. The number of aromatic nitrogens is 1. The molecule has 1 heterocycles. The average molecular weight is 341 g/mol. The molecule has 0 aliphatic carbocycles. The Hall–Kier alpha value is -1.04. The van der Waals surface area contributed by atoms with Gasteiger partial charge in [-0.2, -0.15) is 0 Å². The Morgan fingerprint density at radius 1 is 1.33 bits per heavy atom. The number of halogens is 1. The van der Waals surface area contributed by atoms with E-state index in [2.05, 4.69) is 10.3 Å². The second-order valence-corrected chi connectivity index (χ2v) is 7.42. The predicted molar refractivity (Wildman–Crippen MR) is 91.6 cm³/mol. The molecule has 2 rings (SSSR count). The van der Waals surface area contributed by atoms with Crippen molar-refractivity contribution in [3.05, 3.63) is 39.9 Å². The third-order valence-electron chi connectivity index (χ3n) is 2.91. The third-order valence-corrected chi connectivity index (χ3v) is 5.24. The van der Waals surface area contributed by atoms with E-state index in [9.17, 15) is 4.79 Å². The fraction of sp³-hybridized carbons (Fsp3) is 0.333. The first kappa shape index (κ1) is 16.3. The van der Waals surface area contributed by atoms with Gasteiger partial charge in [-0.05, 0) is 50.3 Å². The van der Waals surface area contributed by atoms with Crippen LogP contribution in [-0.4, -0.2) is 16.6 Å². The van der Waals surface area contributed by atoms with Crippen LogP contribution in [0.5, 0.6) is 0 Å². The Morgan fingerprint density at radius 2 is 2.05 bits per heavy atom. The Balaban J connectivity index is 1.68. The van der Waals surface area contributed by atoms with Crippen LogP contribution in [0.15, 0.2) is 29.2 Å². The van der Waals surface area contributed by atoms with Crippen LogP contribution in [-0.2, 0) is 4.79 Å². The standard InChI is InChI=1S/C15H17ClN2OS2/c1-10-11(2)21-15(17-10)18-14(19)4-3-9-20-13-7-5-12(16)6-8-13/h5-8H,3-4,9H2,1-2H3,(H,17,18,19). The van der Waals surface area contributed by atoms with E-state index in [1.165, 1.54) is 16.2 Å². The maximum absolute atomic E-state index is 11.8. The molecule has 0 aliphatic rings. The molecular formula is C15H17ClN2OS2. The normalized spacial score (nSPS) is 10.6. The lowest BCUT2D eigenvalue weighted by molar-refractivity contribution is -0.116. The fourth-order valence-electron chi connectivity index (χ4n) is 1.66. The highest BCUT2D eigenvalue weighted by Crippen LogP contribution is 2.23. The summed E-state index contributed by atoms with van der Waals surface area (Å²) in [5.41, 5.74) is 0.980. The molecule has 0 fully saturated rings. The van der Waals surface area contributed by atoms with Crippen LogP contribution in [0.2, 0.25) is 5.02 Å². The highest BCUT2D eigenvalue weighted by atomic mass is 35.5. The maximum atomic E-state index is 11.8. The lowest BCUT2D eigenvalue weighted by Gasteiger charge is -2.03. The van der Waals surface area contributed by atoms with E-state index in [1.807, 2.05) is 38.1 Å². The molecule has 1 amide bonds. The number of benzene rings is 1. The molecule has 0 saturated heterocycles. The van der Waals surface area contributed by atoms with E-state index in [0.717, 1.165) is 27.8 Å². The van der Waals surface area contributed by atoms with Crippen molar-refractivity contribution >= 4 is 45.7 Å². The van der Waals surface area contributed by atoms with Gasteiger partial charge in [0.15, 0.2) is 5.13 Å². The van der Waals surface area contributed by atoms with Gasteiger partial charge in [-0.1, -0.05) is 11.6 Å². The van der Waals surface area contributed by atoms with Crippen LogP contribution in [0.25, 0.3) is 0 Å². The summed E-state index contributed by atoms with van der Waals surface area (Å²) in [6.45, 7) is 3.95. The molecule has 0 unspecified atom stereocenters. The van der Waals surface area contributed by atoms with Crippen molar-refractivity contribution in [2.75, 3.05) is 11.1 Å². The van der Waals surface area contributed by atoms with E-state index in [-0.39, 0.29) is 5.91 Å². The molecule has 1 N–H and O–H groups in total. The number of carbonyl (C=O) groups is 1. The summed E-state index contributed by atoms with van der Waals surface area (Å²) in [5.74, 6) is 0.936. The van der Waals surface area contributed by atoms with Gasteiger partial charge in [0.2, 0.25) is 5.91 Å². The monoisotopic (exact) mass is 340 g/mol. The van der Waals surface area contributed by atoms with Gasteiger partial charge in [-0.15, -0.1) is 23.1 Å². The van der Waals surface area contributed by atoms with Crippen LogP contribution in [0, 0.1) is 13.8 Å². The van der Waals surface area contributed by atoms with Crippen LogP contribution in [0.4, 0.5) is 5.13 Å². The van der Waals surface area contributed by atoms with Gasteiger partial charge in [-0.25, -0.2) is 4.98 Å². The van der Waals surface area contributed by atoms with E-state index in [1.54, 1.807) is 11.8 Å². The van der Waals surface area contributed by atoms with Crippen LogP contribution in [0.3, 0.4) is 0 Å². The van der Waals surface area contributed by atoms with Crippen LogP contribution >= 0.6 is 34.7 Å². The summed E-state index contributed by atoms with van der Waals surface area (Å²) in [7, 11) is 0. The number of carbonyl (C=O) groups excluding carboxylic acids is 1. The first-order valence-corrected chi connectivity index (χ1v) is 8.85. The second kappa shape index (κ2) is 7.82. The number of hydrogen-bond donors (Lipinski definition) is 1. The van der Waals surface area contributed by atoms with E-state index in [0.29, 0.717) is 11.6 Å². The van der Waals surface area contributed by atoms with E-state index < -0.39 is 0 Å². The van der Waals surface area contributed by atoms with Crippen molar-refractivity contribution in [3.8, 4) is 0 Å². The Labute approximate surface area is 138 Å². The Morgan fingerprint density at radius 3 is 2.67 bits per heavy atom. The molecule has 0 radical (unpaired) electrons. The molecule has 0 aliphatic heterocycles. The first-order valence-electron chi connectivity index (χ1n) is 6.67. The molecule has 0 saturated carbocycles. The zero-order valence-corrected chi connectivity index (χ0v) is 14.4. The lowest BCUT2D eigenvalue weighted by atomic mass is 10.3. The topological polar surface area (TPSA) is 42.0 Å². The van der Waals surface area contributed by atoms with E-state index in [4.69, 9.17) is 11.6 Å². The molecule has 0 spiro atoms. The van der Waals surface area contributed by atoms with Crippen LogP contribution in [0.1, 0.15) is 23.4 Å². The van der Waals surface area contributed by atoms with Gasteiger partial charge in [0.25, 0.3) is 0 Å². The minimum atomic E-state index is 0.0282. The molecule has 1 aromatic heterocycles. The molecular weight excluding hydrogens is 324 g/mol. The zero-order valence-electron chi connectivity index (χ0n) is 12.0. The van der Waals surface area contributed by atoms with Gasteiger partial charge >= 0.3 is 0 Å². The molecule has 6 heteroatoms. The number of thiazole rings is 1. The highest BCUT2D eigenvalue weighted by molar-refractivity contribution is 7.99. The molecule has 112 valence electrons. The average Bonchev–Trinajstić information content (AvgIpc) is 2.75.